The fourth-order valence-electron chi connectivity index (χ4n) is 4.89. The van der Waals surface area contributed by atoms with Crippen LogP contribution in [0.25, 0.3) is 0 Å². The maximum atomic E-state index is 12.6. The summed E-state index contributed by atoms with van der Waals surface area (Å²) in [6, 6.07) is 0. The molecule has 1 aliphatic heterocycles. The van der Waals surface area contributed by atoms with Crippen LogP contribution in [0.1, 0.15) is 65.2 Å². The molecule has 1 saturated heterocycles. The number of hydrogen-bond acceptors (Lipinski definition) is 3. The molecule has 1 N–H and O–H groups in total. The Morgan fingerprint density at radius 2 is 1.95 bits per heavy atom. The fourth-order valence-corrected chi connectivity index (χ4v) is 4.89. The molecule has 0 bridgehead atoms. The number of nitrogens with zero attached hydrogens (tertiary/aromatic N) is 1. The van der Waals surface area contributed by atoms with Gasteiger partial charge >= 0.3 is 0 Å². The van der Waals surface area contributed by atoms with Gasteiger partial charge in [-0.15, -0.1) is 0 Å². The lowest BCUT2D eigenvalue weighted by atomic mass is 9.69. The number of carbonyl (C=O) groups is 1. The van der Waals surface area contributed by atoms with Crippen molar-refractivity contribution in [2.75, 3.05) is 19.6 Å². The molecule has 2 saturated carbocycles. The summed E-state index contributed by atoms with van der Waals surface area (Å²) >= 11 is 0. The molecular weight excluding hydrogens is 262 g/mol. The van der Waals surface area contributed by atoms with Gasteiger partial charge in [0.05, 0.1) is 5.60 Å². The second-order valence-corrected chi connectivity index (χ2v) is 8.39. The maximum Gasteiger partial charge on any atom is 0.142 e. The third-order valence-corrected chi connectivity index (χ3v) is 6.38. The standard InChI is InChI=1S/C18H31NO2/c1-17(2)8-5-6-14(16(17)20)12-19-11-10-18(21)9-4-3-7-15(18)13-19/h14-15,21H,3-13H2,1-2H3. The monoisotopic (exact) mass is 293 g/mol. The summed E-state index contributed by atoms with van der Waals surface area (Å²) in [6.45, 7) is 7.11. The van der Waals surface area contributed by atoms with E-state index in [0.717, 1.165) is 51.7 Å². The highest BCUT2D eigenvalue weighted by Crippen LogP contribution is 2.41. The van der Waals surface area contributed by atoms with E-state index < -0.39 is 5.60 Å². The van der Waals surface area contributed by atoms with E-state index in [4.69, 9.17) is 0 Å². The summed E-state index contributed by atoms with van der Waals surface area (Å²) in [5, 5.41) is 10.8. The Bertz CT molecular complexity index is 406. The van der Waals surface area contributed by atoms with Gasteiger partial charge in [-0.2, -0.15) is 0 Å². The molecule has 3 unspecified atom stereocenters. The number of rotatable bonds is 2. The van der Waals surface area contributed by atoms with E-state index in [1.165, 1.54) is 19.3 Å². The van der Waals surface area contributed by atoms with E-state index in [1.807, 2.05) is 0 Å². The summed E-state index contributed by atoms with van der Waals surface area (Å²) in [5.41, 5.74) is -0.519. The first-order chi connectivity index (χ1) is 9.91. The molecule has 3 rings (SSSR count). The zero-order chi connectivity index (χ0) is 15.1. The Balaban J connectivity index is 1.60. The normalized spacial score (nSPS) is 40.8. The van der Waals surface area contributed by atoms with Gasteiger partial charge in [0, 0.05) is 36.9 Å². The van der Waals surface area contributed by atoms with E-state index >= 15 is 0 Å². The van der Waals surface area contributed by atoms with Gasteiger partial charge in [0.25, 0.3) is 0 Å². The summed E-state index contributed by atoms with van der Waals surface area (Å²) < 4.78 is 0. The number of hydrogen-bond donors (Lipinski definition) is 1. The van der Waals surface area contributed by atoms with Gasteiger partial charge in [-0.1, -0.05) is 33.1 Å². The zero-order valence-corrected chi connectivity index (χ0v) is 13.7. The average Bonchev–Trinajstić information content (AvgIpc) is 2.44. The molecule has 0 aromatic heterocycles. The maximum absolute atomic E-state index is 12.6. The van der Waals surface area contributed by atoms with E-state index in [2.05, 4.69) is 18.7 Å². The minimum absolute atomic E-state index is 0.121. The predicted molar refractivity (Wildman–Crippen MR) is 84.1 cm³/mol. The number of carbonyl (C=O) groups excluding carboxylic acids is 1. The van der Waals surface area contributed by atoms with Gasteiger partial charge in [-0.3, -0.25) is 4.79 Å². The van der Waals surface area contributed by atoms with Crippen molar-refractivity contribution >= 4 is 5.78 Å². The number of Topliss-reactive ketones (excluding diaryl/α,β-unsaturated/α-hetero) is 1. The van der Waals surface area contributed by atoms with Crippen LogP contribution in [0.15, 0.2) is 0 Å². The van der Waals surface area contributed by atoms with Crippen molar-refractivity contribution in [1.29, 1.82) is 0 Å². The number of aliphatic hydroxyl groups is 1. The van der Waals surface area contributed by atoms with Crippen LogP contribution in [0.4, 0.5) is 0 Å². The van der Waals surface area contributed by atoms with Crippen molar-refractivity contribution in [2.24, 2.45) is 17.3 Å². The number of fused-ring (bicyclic) bond motifs is 1. The van der Waals surface area contributed by atoms with Crippen LogP contribution in [0.5, 0.6) is 0 Å². The lowest BCUT2D eigenvalue weighted by Crippen LogP contribution is -2.55. The SMILES string of the molecule is CC1(C)CCCC(CN2CCC3(O)CCCCC3C2)C1=O. The van der Waals surface area contributed by atoms with Crippen LogP contribution in [-0.2, 0) is 4.79 Å². The molecule has 3 nitrogen and oxygen atoms in total. The minimum atomic E-state index is -0.398. The lowest BCUT2D eigenvalue weighted by Gasteiger charge is -2.48. The van der Waals surface area contributed by atoms with Gasteiger partial charge in [0.2, 0.25) is 0 Å². The molecule has 3 atom stereocenters. The third kappa shape index (κ3) is 3.05. The Morgan fingerprint density at radius 1 is 1.14 bits per heavy atom. The molecule has 0 aromatic rings. The highest BCUT2D eigenvalue weighted by molar-refractivity contribution is 5.87. The summed E-state index contributed by atoms with van der Waals surface area (Å²) in [7, 11) is 0. The molecule has 2 aliphatic carbocycles. The van der Waals surface area contributed by atoms with Gasteiger partial charge in [-0.25, -0.2) is 0 Å². The van der Waals surface area contributed by atoms with Crippen LogP contribution >= 0.6 is 0 Å². The Labute approximate surface area is 129 Å². The van der Waals surface area contributed by atoms with E-state index in [-0.39, 0.29) is 11.3 Å². The molecule has 0 spiro atoms. The topological polar surface area (TPSA) is 40.5 Å². The Morgan fingerprint density at radius 3 is 2.76 bits per heavy atom. The van der Waals surface area contributed by atoms with Crippen LogP contribution in [-0.4, -0.2) is 41.0 Å². The Kier molecular flexibility index (Phi) is 4.17. The Hall–Kier alpha value is -0.410. The molecule has 3 heteroatoms. The number of ketones is 1. The minimum Gasteiger partial charge on any atom is -0.390 e. The second-order valence-electron chi connectivity index (χ2n) is 8.39. The van der Waals surface area contributed by atoms with Crippen molar-refractivity contribution in [2.45, 2.75) is 70.8 Å². The molecule has 3 fully saturated rings. The van der Waals surface area contributed by atoms with Crippen molar-refractivity contribution < 1.29 is 9.90 Å². The molecule has 3 aliphatic rings. The highest BCUT2D eigenvalue weighted by atomic mass is 16.3. The van der Waals surface area contributed by atoms with Crippen molar-refractivity contribution in [3.05, 3.63) is 0 Å². The molecule has 0 amide bonds. The number of likely N-dealkylation sites (tertiary alicyclic amines) is 1. The van der Waals surface area contributed by atoms with Gasteiger partial charge in [0.1, 0.15) is 5.78 Å². The van der Waals surface area contributed by atoms with Crippen molar-refractivity contribution in [3.8, 4) is 0 Å². The number of piperidine rings is 1. The highest BCUT2D eigenvalue weighted by Gasteiger charge is 2.44. The molecule has 120 valence electrons. The van der Waals surface area contributed by atoms with Gasteiger partial charge in [0.15, 0.2) is 0 Å². The molecular formula is C18H31NO2. The summed E-state index contributed by atoms with van der Waals surface area (Å²) in [6.07, 6.45) is 8.79. The van der Waals surface area contributed by atoms with Crippen molar-refractivity contribution in [3.63, 3.8) is 0 Å². The van der Waals surface area contributed by atoms with E-state index in [9.17, 15) is 9.90 Å². The molecule has 1 heterocycles. The van der Waals surface area contributed by atoms with Gasteiger partial charge < -0.3 is 10.0 Å². The molecule has 21 heavy (non-hydrogen) atoms. The van der Waals surface area contributed by atoms with Crippen LogP contribution in [0.3, 0.4) is 0 Å². The second kappa shape index (κ2) is 5.66. The summed E-state index contributed by atoms with van der Waals surface area (Å²) in [4.78, 5) is 15.1. The van der Waals surface area contributed by atoms with E-state index in [0.29, 0.717) is 11.7 Å². The fraction of sp³-hybridized carbons (Fsp3) is 0.944. The average molecular weight is 293 g/mol. The van der Waals surface area contributed by atoms with Gasteiger partial charge in [-0.05, 0) is 32.1 Å². The first-order valence-electron chi connectivity index (χ1n) is 8.90. The lowest BCUT2D eigenvalue weighted by molar-refractivity contribution is -0.136. The zero-order valence-electron chi connectivity index (χ0n) is 13.7. The predicted octanol–water partition coefficient (Wildman–Crippen LogP) is 3.01. The molecule has 0 radical (unpaired) electrons. The van der Waals surface area contributed by atoms with E-state index in [1.54, 1.807) is 0 Å². The first kappa shape index (κ1) is 15.5. The summed E-state index contributed by atoms with van der Waals surface area (Å²) in [5.74, 6) is 1.13. The van der Waals surface area contributed by atoms with Crippen LogP contribution in [0.2, 0.25) is 0 Å². The largest absolute Gasteiger partial charge is 0.390 e. The smallest absolute Gasteiger partial charge is 0.142 e. The third-order valence-electron chi connectivity index (χ3n) is 6.38. The van der Waals surface area contributed by atoms with Crippen molar-refractivity contribution in [1.82, 2.24) is 4.90 Å². The van der Waals surface area contributed by atoms with Crippen LogP contribution < -0.4 is 0 Å². The first-order valence-corrected chi connectivity index (χ1v) is 8.90. The molecule has 0 aromatic carbocycles. The van der Waals surface area contributed by atoms with Crippen LogP contribution in [0, 0.1) is 17.3 Å². The quantitative estimate of drug-likeness (QED) is 0.851.